The van der Waals surface area contributed by atoms with Crippen LogP contribution in [0.1, 0.15) is 33.0 Å². The van der Waals surface area contributed by atoms with E-state index in [2.05, 4.69) is 30.1 Å². The summed E-state index contributed by atoms with van der Waals surface area (Å²) in [5, 5.41) is 10.5. The van der Waals surface area contributed by atoms with E-state index in [-0.39, 0.29) is 18.4 Å². The molecule has 1 saturated heterocycles. The summed E-state index contributed by atoms with van der Waals surface area (Å²) in [7, 11) is 0. The summed E-state index contributed by atoms with van der Waals surface area (Å²) in [5.74, 6) is -1.17. The molecule has 2 aromatic rings. The van der Waals surface area contributed by atoms with Crippen molar-refractivity contribution in [2.45, 2.75) is 44.9 Å². The number of H-pyrrole nitrogens is 1. The van der Waals surface area contributed by atoms with Crippen LogP contribution in [-0.2, 0) is 14.9 Å². The summed E-state index contributed by atoms with van der Waals surface area (Å²) in [4.78, 5) is 21.6. The fourth-order valence-corrected chi connectivity index (χ4v) is 2.52. The average molecular weight is 358 g/mol. The van der Waals surface area contributed by atoms with Crippen molar-refractivity contribution < 1.29 is 22.7 Å². The van der Waals surface area contributed by atoms with Gasteiger partial charge in [-0.2, -0.15) is 23.5 Å². The van der Waals surface area contributed by atoms with Crippen molar-refractivity contribution in [2.75, 3.05) is 18.0 Å². The molecule has 136 valence electrons. The van der Waals surface area contributed by atoms with Gasteiger partial charge in [0.15, 0.2) is 11.3 Å². The molecule has 1 aliphatic rings. The van der Waals surface area contributed by atoms with Crippen molar-refractivity contribution in [2.24, 2.45) is 0 Å². The van der Waals surface area contributed by atoms with Crippen molar-refractivity contribution in [3.05, 3.63) is 5.82 Å². The van der Waals surface area contributed by atoms with Gasteiger partial charge in [-0.05, 0) is 0 Å². The first-order valence-electron chi connectivity index (χ1n) is 7.67. The van der Waals surface area contributed by atoms with Gasteiger partial charge in [-0.15, -0.1) is 5.10 Å². The Bertz CT molecular complexity index is 798. The molecule has 11 heteroatoms. The van der Waals surface area contributed by atoms with Crippen LogP contribution in [0.5, 0.6) is 0 Å². The third-order valence-electron chi connectivity index (χ3n) is 3.79. The molecule has 0 spiro atoms. The molecule has 1 aliphatic heterocycles. The predicted molar refractivity (Wildman–Crippen MR) is 80.9 cm³/mol. The Hall–Kier alpha value is -2.46. The number of fused-ring (bicyclic) bond motifs is 1. The largest absolute Gasteiger partial charge is 0.490 e. The van der Waals surface area contributed by atoms with Crippen LogP contribution in [0.3, 0.4) is 0 Å². The summed E-state index contributed by atoms with van der Waals surface area (Å²) >= 11 is 0. The van der Waals surface area contributed by atoms with Gasteiger partial charge in [0.2, 0.25) is 5.65 Å². The van der Waals surface area contributed by atoms with Crippen molar-refractivity contribution in [3.63, 3.8) is 0 Å². The van der Waals surface area contributed by atoms with Crippen LogP contribution in [0.25, 0.3) is 11.2 Å². The maximum Gasteiger partial charge on any atom is 0.490 e. The van der Waals surface area contributed by atoms with Gasteiger partial charge in [-0.25, -0.2) is 14.8 Å². The molecular weight excluding hydrogens is 341 g/mol. The maximum atomic E-state index is 12.3. The summed E-state index contributed by atoms with van der Waals surface area (Å²) in [6.07, 6.45) is -5.58. The summed E-state index contributed by atoms with van der Waals surface area (Å²) in [6, 6.07) is 0. The van der Waals surface area contributed by atoms with E-state index in [0.29, 0.717) is 29.4 Å². The number of hydrogen-bond donors (Lipinski definition) is 1. The number of nitrogens with one attached hydrogen (secondary N) is 1. The minimum absolute atomic E-state index is 0.102. The lowest BCUT2D eigenvalue weighted by molar-refractivity contribution is -0.203. The summed E-state index contributed by atoms with van der Waals surface area (Å²) in [5.41, 5.74) is 0.463. The van der Waals surface area contributed by atoms with Gasteiger partial charge >= 0.3 is 12.1 Å². The molecule has 0 bridgehead atoms. The number of esters is 1. The lowest BCUT2D eigenvalue weighted by Crippen LogP contribution is -2.32. The molecule has 2 aromatic heterocycles. The number of nitrogens with zero attached hydrogens (tertiary/aromatic N) is 5. The van der Waals surface area contributed by atoms with Crippen LogP contribution in [0, 0.1) is 0 Å². The van der Waals surface area contributed by atoms with Crippen molar-refractivity contribution >= 4 is 23.0 Å². The molecule has 0 amide bonds. The minimum Gasteiger partial charge on any atom is -0.454 e. The molecule has 1 atom stereocenters. The first kappa shape index (κ1) is 17.4. The number of rotatable bonds is 2. The van der Waals surface area contributed by atoms with E-state index >= 15 is 0 Å². The van der Waals surface area contributed by atoms with Crippen LogP contribution < -0.4 is 4.90 Å². The van der Waals surface area contributed by atoms with Gasteiger partial charge in [0.25, 0.3) is 0 Å². The highest BCUT2D eigenvalue weighted by atomic mass is 19.4. The molecule has 0 radical (unpaired) electrons. The third kappa shape index (κ3) is 3.49. The smallest absolute Gasteiger partial charge is 0.454 e. The molecule has 0 aliphatic carbocycles. The monoisotopic (exact) mass is 358 g/mol. The molecule has 0 saturated carbocycles. The zero-order valence-corrected chi connectivity index (χ0v) is 13.9. The number of ether oxygens (including phenoxy) is 1. The minimum atomic E-state index is -5.00. The number of carbonyl (C=O) groups is 1. The molecule has 1 fully saturated rings. The number of carbonyl (C=O) groups excluding carboxylic acids is 1. The molecule has 8 nitrogen and oxygen atoms in total. The number of aromatic amines is 1. The topological polar surface area (TPSA) is 96.9 Å². The predicted octanol–water partition coefficient (Wildman–Crippen LogP) is 1.73. The molecule has 1 unspecified atom stereocenters. The van der Waals surface area contributed by atoms with Crippen LogP contribution in [0.2, 0.25) is 0 Å². The number of halogens is 3. The van der Waals surface area contributed by atoms with Crippen molar-refractivity contribution in [1.29, 1.82) is 0 Å². The fraction of sp³-hybridized carbons (Fsp3) is 0.643. The zero-order valence-electron chi connectivity index (χ0n) is 13.9. The SMILES string of the molecule is CC(C)(C)c1nc(N2CCC(OC(=O)C(F)(F)F)C2)c2n[nH]nc2n1. The normalized spacial score (nSPS) is 18.8. The van der Waals surface area contributed by atoms with Crippen LogP contribution in [-0.4, -0.2) is 56.7 Å². The average Bonchev–Trinajstić information content (AvgIpc) is 3.12. The van der Waals surface area contributed by atoms with E-state index < -0.39 is 18.2 Å². The number of anilines is 1. The third-order valence-corrected chi connectivity index (χ3v) is 3.79. The standard InChI is InChI=1S/C14H17F3N6O2/c1-13(2,3)11-18-9-8(20-22-21-9)10(19-11)23-5-4-7(6-23)25-12(24)14(15,16)17/h7H,4-6H2,1-3H3,(H,18,19,20,21,22). The lowest BCUT2D eigenvalue weighted by atomic mass is 9.96. The van der Waals surface area contributed by atoms with Gasteiger partial charge in [-0.3, -0.25) is 0 Å². The van der Waals surface area contributed by atoms with E-state index in [4.69, 9.17) is 0 Å². The van der Waals surface area contributed by atoms with Gasteiger partial charge in [-0.1, -0.05) is 20.8 Å². The number of hydrogen-bond acceptors (Lipinski definition) is 7. The first-order chi connectivity index (χ1) is 11.6. The van der Waals surface area contributed by atoms with Gasteiger partial charge in [0.1, 0.15) is 11.9 Å². The second-order valence-corrected chi connectivity index (χ2v) is 6.88. The molecule has 25 heavy (non-hydrogen) atoms. The van der Waals surface area contributed by atoms with Crippen molar-refractivity contribution in [3.8, 4) is 0 Å². The Morgan fingerprint density at radius 1 is 1.24 bits per heavy atom. The summed E-state index contributed by atoms with van der Waals surface area (Å²) in [6.45, 7) is 6.31. The Balaban J connectivity index is 1.85. The Labute approximate surface area is 140 Å². The second-order valence-electron chi connectivity index (χ2n) is 6.88. The first-order valence-corrected chi connectivity index (χ1v) is 7.67. The van der Waals surface area contributed by atoms with Gasteiger partial charge in [0, 0.05) is 18.4 Å². The Morgan fingerprint density at radius 2 is 1.96 bits per heavy atom. The Kier molecular flexibility index (Phi) is 4.04. The van der Waals surface area contributed by atoms with E-state index in [1.54, 1.807) is 4.90 Å². The fourth-order valence-electron chi connectivity index (χ4n) is 2.52. The van der Waals surface area contributed by atoms with E-state index in [1.807, 2.05) is 20.8 Å². The van der Waals surface area contributed by atoms with Gasteiger partial charge in [0.05, 0.1) is 6.54 Å². The molecule has 3 rings (SSSR count). The highest BCUT2D eigenvalue weighted by Crippen LogP contribution is 2.29. The van der Waals surface area contributed by atoms with Crippen LogP contribution >= 0.6 is 0 Å². The number of alkyl halides is 3. The molecule has 1 N–H and O–H groups in total. The van der Waals surface area contributed by atoms with Gasteiger partial charge < -0.3 is 9.64 Å². The number of aromatic nitrogens is 5. The van der Waals surface area contributed by atoms with Crippen LogP contribution in [0.4, 0.5) is 19.0 Å². The molecule has 0 aromatic carbocycles. The van der Waals surface area contributed by atoms with E-state index in [9.17, 15) is 18.0 Å². The quantitative estimate of drug-likeness (QED) is 0.817. The van der Waals surface area contributed by atoms with Crippen LogP contribution in [0.15, 0.2) is 0 Å². The van der Waals surface area contributed by atoms with Crippen molar-refractivity contribution in [1.82, 2.24) is 25.4 Å². The van der Waals surface area contributed by atoms with E-state index in [0.717, 1.165) is 0 Å². The van der Waals surface area contributed by atoms with E-state index in [1.165, 1.54) is 0 Å². The molecule has 3 heterocycles. The zero-order chi connectivity index (χ0) is 18.4. The lowest BCUT2D eigenvalue weighted by Gasteiger charge is -2.21. The second kappa shape index (κ2) is 5.81. The Morgan fingerprint density at radius 3 is 2.60 bits per heavy atom. The maximum absolute atomic E-state index is 12.3. The molecular formula is C14H17F3N6O2. The highest BCUT2D eigenvalue weighted by Gasteiger charge is 2.43. The highest BCUT2D eigenvalue weighted by molar-refractivity contribution is 5.82. The summed E-state index contributed by atoms with van der Waals surface area (Å²) < 4.78 is 41.6.